The van der Waals surface area contributed by atoms with Crippen LogP contribution in [0.3, 0.4) is 0 Å². The third-order valence-electron chi connectivity index (χ3n) is 6.92. The Morgan fingerprint density at radius 2 is 1.86 bits per heavy atom. The molecule has 184 valence electrons. The number of nitrogens with zero attached hydrogens (tertiary/aromatic N) is 2. The van der Waals surface area contributed by atoms with E-state index in [-0.39, 0.29) is 30.7 Å². The summed E-state index contributed by atoms with van der Waals surface area (Å²) < 4.78 is 29.4. The first kappa shape index (κ1) is 24.5. The van der Waals surface area contributed by atoms with Crippen molar-refractivity contribution in [1.82, 2.24) is 15.1 Å². The highest BCUT2D eigenvalue weighted by atomic mass is 19.1. The zero-order chi connectivity index (χ0) is 25.2. The Bertz CT molecular complexity index is 1110. The second-order valence-corrected chi connectivity index (χ2v) is 9.48. The highest BCUT2D eigenvalue weighted by molar-refractivity contribution is 5.91. The van der Waals surface area contributed by atoms with Gasteiger partial charge in [0.1, 0.15) is 24.6 Å². The highest BCUT2D eigenvalue weighted by Crippen LogP contribution is 2.48. The Labute approximate surface area is 203 Å². The number of alkyl halides is 1. The summed E-state index contributed by atoms with van der Waals surface area (Å²) in [5.41, 5.74) is 1.81. The first-order valence-electron chi connectivity index (χ1n) is 11.6. The van der Waals surface area contributed by atoms with Gasteiger partial charge in [0.05, 0.1) is 25.3 Å². The smallest absolute Gasteiger partial charge is 0.243 e. The molecule has 35 heavy (non-hydrogen) atoms. The van der Waals surface area contributed by atoms with Gasteiger partial charge in [0.15, 0.2) is 0 Å². The lowest BCUT2D eigenvalue weighted by Gasteiger charge is -2.28. The summed E-state index contributed by atoms with van der Waals surface area (Å²) in [6.07, 6.45) is 1.98. The predicted octanol–water partition coefficient (Wildman–Crippen LogP) is 3.54. The Balaban J connectivity index is 1.59. The minimum absolute atomic E-state index is 0.143. The highest BCUT2D eigenvalue weighted by Gasteiger charge is 2.42. The van der Waals surface area contributed by atoms with Crippen LogP contribution in [0.15, 0.2) is 48.5 Å². The lowest BCUT2D eigenvalue weighted by Crippen LogP contribution is -2.49. The molecule has 7 nitrogen and oxygen atoms in total. The molecule has 0 bridgehead atoms. The van der Waals surface area contributed by atoms with E-state index in [0.717, 1.165) is 40.9 Å². The first-order valence-corrected chi connectivity index (χ1v) is 11.6. The zero-order valence-corrected chi connectivity index (χ0v) is 19.5. The van der Waals surface area contributed by atoms with E-state index in [9.17, 15) is 14.0 Å². The third kappa shape index (κ3) is 5.23. The Morgan fingerprint density at radius 3 is 2.46 bits per heavy atom. The van der Waals surface area contributed by atoms with Crippen molar-refractivity contribution in [3.8, 4) is 0 Å². The van der Waals surface area contributed by atoms with Crippen molar-refractivity contribution in [2.45, 2.75) is 49.9 Å². The van der Waals surface area contributed by atoms with E-state index < -0.39 is 30.1 Å². The lowest BCUT2D eigenvalue weighted by molar-refractivity contribution is -0.138. The van der Waals surface area contributed by atoms with Gasteiger partial charge < -0.3 is 15.1 Å². The number of hydrogen-bond acceptors (Lipinski definition) is 4. The van der Waals surface area contributed by atoms with Crippen LogP contribution in [0.4, 0.5) is 8.78 Å². The average Bonchev–Trinajstić information content (AvgIpc) is 3.48. The van der Waals surface area contributed by atoms with Gasteiger partial charge in [-0.3, -0.25) is 20.4 Å². The average molecular weight is 482 g/mol. The molecule has 3 N–H and O–H groups in total. The topological polar surface area (TPSA) is 100 Å². The number of hydrogen-bond donors (Lipinski definition) is 3. The van der Waals surface area contributed by atoms with Crippen molar-refractivity contribution in [2.24, 2.45) is 0 Å². The molecule has 2 amide bonds. The van der Waals surface area contributed by atoms with Gasteiger partial charge in [0.2, 0.25) is 11.8 Å². The maximum absolute atomic E-state index is 15.1. The summed E-state index contributed by atoms with van der Waals surface area (Å²) in [5.74, 6) is -1.42. The molecule has 9 heteroatoms. The molecule has 2 aromatic carbocycles. The molecule has 2 aromatic rings. The summed E-state index contributed by atoms with van der Waals surface area (Å²) >= 11 is 0. The van der Waals surface area contributed by atoms with Crippen LogP contribution >= 0.6 is 0 Å². The first-order chi connectivity index (χ1) is 16.8. The molecule has 0 spiro atoms. The van der Waals surface area contributed by atoms with Gasteiger partial charge in [-0.05, 0) is 41.0 Å². The van der Waals surface area contributed by atoms with Crippen LogP contribution in [0.25, 0.3) is 0 Å². The van der Waals surface area contributed by atoms with E-state index in [1.54, 1.807) is 6.07 Å². The number of amides is 2. The van der Waals surface area contributed by atoms with Gasteiger partial charge in [0, 0.05) is 6.42 Å². The minimum Gasteiger partial charge on any atom is -0.343 e. The van der Waals surface area contributed by atoms with Crippen LogP contribution in [-0.4, -0.2) is 59.6 Å². The summed E-state index contributed by atoms with van der Waals surface area (Å²) in [7, 11) is 0. The summed E-state index contributed by atoms with van der Waals surface area (Å²) in [4.78, 5) is 28.2. The van der Waals surface area contributed by atoms with Crippen molar-refractivity contribution in [2.75, 3.05) is 13.1 Å². The van der Waals surface area contributed by atoms with E-state index in [1.165, 1.54) is 6.07 Å². The number of carbonyl (C=O) groups is 2. The van der Waals surface area contributed by atoms with Crippen molar-refractivity contribution in [1.29, 1.82) is 10.8 Å². The number of rotatable bonds is 9. The van der Waals surface area contributed by atoms with Crippen molar-refractivity contribution >= 4 is 24.5 Å². The molecule has 1 aliphatic carbocycles. The van der Waals surface area contributed by atoms with Crippen LogP contribution in [0.1, 0.15) is 48.9 Å². The summed E-state index contributed by atoms with van der Waals surface area (Å²) in [6, 6.07) is 12.4. The molecule has 2 aliphatic rings. The Hall–Kier alpha value is -3.62. The molecule has 0 radical (unpaired) electrons. The number of likely N-dealkylation sites (tertiary alicyclic amines) is 1. The second kappa shape index (κ2) is 9.93. The maximum Gasteiger partial charge on any atom is 0.243 e. The second-order valence-electron chi connectivity index (χ2n) is 9.48. The molecule has 1 saturated carbocycles. The van der Waals surface area contributed by atoms with Gasteiger partial charge in [-0.1, -0.05) is 49.4 Å². The fourth-order valence-electron chi connectivity index (χ4n) is 4.58. The fraction of sp³-hybridized carbons (Fsp3) is 0.385. The quantitative estimate of drug-likeness (QED) is 0.377. The molecule has 1 aliphatic heterocycles. The van der Waals surface area contributed by atoms with Crippen LogP contribution in [0, 0.1) is 16.6 Å². The zero-order valence-electron chi connectivity index (χ0n) is 19.5. The Kier molecular flexibility index (Phi) is 6.95. The van der Waals surface area contributed by atoms with Crippen molar-refractivity contribution < 1.29 is 18.4 Å². The van der Waals surface area contributed by atoms with Gasteiger partial charge in [-0.25, -0.2) is 8.78 Å². The number of nitrogens with one attached hydrogen (secondary N) is 3. The largest absolute Gasteiger partial charge is 0.343 e. The molecule has 0 aromatic heterocycles. The molecular weight excluding hydrogens is 452 g/mol. The van der Waals surface area contributed by atoms with Gasteiger partial charge in [0.25, 0.3) is 0 Å². The summed E-state index contributed by atoms with van der Waals surface area (Å²) in [6.45, 7) is 1.45. The van der Waals surface area contributed by atoms with E-state index in [0.29, 0.717) is 11.1 Å². The standard InChI is InChI=1S/C26H29F2N5O2/c1-26(9-10-26)20-8-7-18(11-21(20)28)24(17-5-3-2-4-6-17)31-25(35)22-12-19(27)13-33(22)23(34)14-32(15-29)16-30/h2-8,11,15-16,19,22,24,29-30H,9-10,12-14H2,1H3,(H,31,35)/t19-,22+,24+/m1/s1. The van der Waals surface area contributed by atoms with E-state index >= 15 is 4.39 Å². The molecule has 3 atom stereocenters. The van der Waals surface area contributed by atoms with E-state index in [2.05, 4.69) is 5.32 Å². The molecular formula is C26H29F2N5O2. The van der Waals surface area contributed by atoms with Crippen molar-refractivity contribution in [3.05, 3.63) is 71.0 Å². The van der Waals surface area contributed by atoms with Crippen molar-refractivity contribution in [3.63, 3.8) is 0 Å². The fourth-order valence-corrected chi connectivity index (χ4v) is 4.58. The van der Waals surface area contributed by atoms with E-state index in [4.69, 9.17) is 10.8 Å². The van der Waals surface area contributed by atoms with Crippen LogP contribution < -0.4 is 5.32 Å². The normalized spacial score (nSPS) is 21.2. The van der Waals surface area contributed by atoms with Gasteiger partial charge in [-0.2, -0.15) is 0 Å². The molecule has 1 heterocycles. The maximum atomic E-state index is 15.1. The number of halogens is 2. The van der Waals surface area contributed by atoms with Gasteiger partial charge >= 0.3 is 0 Å². The number of carbonyl (C=O) groups excluding carboxylic acids is 2. The van der Waals surface area contributed by atoms with Crippen LogP contribution in [0.2, 0.25) is 0 Å². The third-order valence-corrected chi connectivity index (χ3v) is 6.92. The monoisotopic (exact) mass is 481 g/mol. The minimum atomic E-state index is -1.37. The van der Waals surface area contributed by atoms with Crippen LogP contribution in [-0.2, 0) is 15.0 Å². The van der Waals surface area contributed by atoms with Gasteiger partial charge in [-0.15, -0.1) is 0 Å². The Morgan fingerprint density at radius 1 is 1.17 bits per heavy atom. The van der Waals surface area contributed by atoms with E-state index in [1.807, 2.05) is 43.3 Å². The molecule has 1 saturated heterocycles. The predicted molar refractivity (Wildman–Crippen MR) is 129 cm³/mol. The lowest BCUT2D eigenvalue weighted by atomic mass is 9.92. The molecule has 0 unspecified atom stereocenters. The molecule has 4 rings (SSSR count). The molecule has 2 fully saturated rings. The van der Waals surface area contributed by atoms with Crippen LogP contribution in [0.5, 0.6) is 0 Å². The number of benzene rings is 2. The SMILES string of the molecule is CC1(c2ccc([C@@H](NC(=O)[C@@H]3C[C@@H](F)CN3C(=O)CN(C=N)C=N)c3ccccc3)cc2F)CC1. The summed E-state index contributed by atoms with van der Waals surface area (Å²) in [5, 5.41) is 17.4.